The number of amides is 2. The molecule has 0 heterocycles. The van der Waals surface area contributed by atoms with Crippen LogP contribution < -0.4 is 19.0 Å². The van der Waals surface area contributed by atoms with Crippen LogP contribution in [0.5, 0.6) is 11.5 Å². The SMILES string of the molecule is CC(=O)Nc1ccc(S(=O)(=O)Oc2ccc(OS(=O)(=O)c3ccc(NC(C)=O)cc3)c3c2C2c4ccccc4C3c3ccccc32)cc1. The highest BCUT2D eigenvalue weighted by Crippen LogP contribution is 2.60. The van der Waals surface area contributed by atoms with Crippen LogP contribution in [0, 0.1) is 0 Å². The van der Waals surface area contributed by atoms with Gasteiger partial charge in [-0.15, -0.1) is 0 Å². The summed E-state index contributed by atoms with van der Waals surface area (Å²) in [6.07, 6.45) is 0. The van der Waals surface area contributed by atoms with E-state index in [4.69, 9.17) is 8.37 Å². The lowest BCUT2D eigenvalue weighted by Gasteiger charge is -2.43. The van der Waals surface area contributed by atoms with Gasteiger partial charge in [0, 0.05) is 48.2 Å². The van der Waals surface area contributed by atoms with Crippen molar-refractivity contribution in [1.29, 1.82) is 0 Å². The molecule has 0 saturated carbocycles. The predicted octanol–water partition coefficient (Wildman–Crippen LogP) is 6.13. The van der Waals surface area contributed by atoms with Crippen molar-refractivity contribution in [2.45, 2.75) is 35.5 Å². The van der Waals surface area contributed by atoms with E-state index in [-0.39, 0.29) is 33.1 Å². The minimum atomic E-state index is -4.37. The number of carbonyl (C=O) groups is 2. The van der Waals surface area contributed by atoms with E-state index < -0.39 is 32.1 Å². The first kappa shape index (κ1) is 31.2. The van der Waals surface area contributed by atoms with Gasteiger partial charge in [-0.2, -0.15) is 16.8 Å². The maximum atomic E-state index is 13.6. The summed E-state index contributed by atoms with van der Waals surface area (Å²) in [7, 11) is -8.74. The normalized spacial score (nSPS) is 15.8. The number of hydrogen-bond acceptors (Lipinski definition) is 8. The van der Waals surface area contributed by atoms with Gasteiger partial charge in [0.2, 0.25) is 11.8 Å². The molecular weight excluding hydrogens is 653 g/mol. The molecule has 3 aliphatic rings. The van der Waals surface area contributed by atoms with E-state index in [1.54, 1.807) is 0 Å². The van der Waals surface area contributed by atoms with Crippen LogP contribution in [0.4, 0.5) is 11.4 Å². The van der Waals surface area contributed by atoms with E-state index >= 15 is 0 Å². The van der Waals surface area contributed by atoms with Gasteiger partial charge in [0.15, 0.2) is 0 Å². The van der Waals surface area contributed by atoms with Gasteiger partial charge in [0.05, 0.1) is 0 Å². The molecule has 0 spiro atoms. The van der Waals surface area contributed by atoms with Crippen LogP contribution in [0.1, 0.15) is 59.1 Å². The van der Waals surface area contributed by atoms with Crippen molar-refractivity contribution in [2.24, 2.45) is 0 Å². The fraction of sp³-hybridized carbons (Fsp3) is 0.111. The van der Waals surface area contributed by atoms with Crippen molar-refractivity contribution in [2.75, 3.05) is 10.6 Å². The molecule has 0 saturated heterocycles. The fourth-order valence-electron chi connectivity index (χ4n) is 6.52. The number of rotatable bonds is 8. The third-order valence-corrected chi connectivity index (χ3v) is 10.8. The number of hydrogen-bond donors (Lipinski definition) is 2. The summed E-state index contributed by atoms with van der Waals surface area (Å²) in [5, 5.41) is 5.21. The standard InChI is InChI=1S/C36H28N2O8S2/c1-21(39)37-23-11-15-25(16-12-23)47(41,42)45-31-19-20-32(46-48(43,44)26-17-13-24(14-18-26)38-22(2)40)36-34-29-9-5-3-7-27(29)33(35(31)36)28-8-4-6-10-30(28)34/h3-20,33-34H,1-2H3,(H,37,39)(H,38,40). The smallest absolute Gasteiger partial charge is 0.339 e. The first-order valence-electron chi connectivity index (χ1n) is 14.9. The number of anilines is 2. The van der Waals surface area contributed by atoms with E-state index in [1.165, 1.54) is 74.5 Å². The van der Waals surface area contributed by atoms with Crippen LogP contribution in [-0.4, -0.2) is 28.6 Å². The highest BCUT2D eigenvalue weighted by Gasteiger charge is 2.45. The molecular formula is C36H28N2O8S2. The maximum absolute atomic E-state index is 13.6. The summed E-state index contributed by atoms with van der Waals surface area (Å²) in [6, 6.07) is 29.6. The molecule has 0 fully saturated rings. The molecule has 10 nitrogen and oxygen atoms in total. The van der Waals surface area contributed by atoms with Gasteiger partial charge < -0.3 is 19.0 Å². The topological polar surface area (TPSA) is 145 Å². The molecule has 48 heavy (non-hydrogen) atoms. The van der Waals surface area contributed by atoms with Crippen LogP contribution in [0.3, 0.4) is 0 Å². The molecule has 0 radical (unpaired) electrons. The second-order valence-corrected chi connectivity index (χ2v) is 14.6. The second kappa shape index (κ2) is 11.7. The van der Waals surface area contributed by atoms with Gasteiger partial charge >= 0.3 is 20.2 Å². The van der Waals surface area contributed by atoms with Crippen LogP contribution in [-0.2, 0) is 29.8 Å². The minimum absolute atomic E-state index is 0.0411. The van der Waals surface area contributed by atoms with Gasteiger partial charge in [-0.1, -0.05) is 48.5 Å². The molecule has 5 aromatic carbocycles. The molecule has 2 N–H and O–H groups in total. The Morgan fingerprint density at radius 3 is 1.10 bits per heavy atom. The Kier molecular flexibility index (Phi) is 7.56. The Balaban J connectivity index is 1.35. The van der Waals surface area contributed by atoms with Gasteiger partial charge in [-0.25, -0.2) is 0 Å². The number of benzene rings is 5. The van der Waals surface area contributed by atoms with E-state index in [9.17, 15) is 26.4 Å². The molecule has 242 valence electrons. The van der Waals surface area contributed by atoms with Crippen molar-refractivity contribution in [3.8, 4) is 11.5 Å². The average molecular weight is 681 g/mol. The average Bonchev–Trinajstić information content (AvgIpc) is 3.05. The van der Waals surface area contributed by atoms with E-state index in [1.807, 2.05) is 48.5 Å². The number of nitrogens with one attached hydrogen (secondary N) is 2. The molecule has 0 aromatic heterocycles. The highest BCUT2D eigenvalue weighted by atomic mass is 32.2. The summed E-state index contributed by atoms with van der Waals surface area (Å²) in [6.45, 7) is 2.70. The molecule has 0 aliphatic heterocycles. The molecule has 3 aliphatic carbocycles. The molecule has 0 unspecified atom stereocenters. The molecule has 2 amide bonds. The van der Waals surface area contributed by atoms with Crippen LogP contribution in [0.15, 0.2) is 119 Å². The van der Waals surface area contributed by atoms with Crippen molar-refractivity contribution in [1.82, 2.24) is 0 Å². The summed E-state index contributed by atoms with van der Waals surface area (Å²) in [5.74, 6) is -1.47. The molecule has 0 atom stereocenters. The summed E-state index contributed by atoms with van der Waals surface area (Å²) in [4.78, 5) is 22.6. The zero-order valence-corrected chi connectivity index (χ0v) is 27.3. The van der Waals surface area contributed by atoms with Gasteiger partial charge in [0.1, 0.15) is 21.3 Å². The van der Waals surface area contributed by atoms with Crippen LogP contribution in [0.2, 0.25) is 0 Å². The third kappa shape index (κ3) is 5.48. The lowest BCUT2D eigenvalue weighted by Crippen LogP contribution is -2.29. The predicted molar refractivity (Wildman–Crippen MR) is 178 cm³/mol. The first-order chi connectivity index (χ1) is 22.9. The van der Waals surface area contributed by atoms with Crippen molar-refractivity contribution < 1.29 is 34.8 Å². The Morgan fingerprint density at radius 2 is 0.812 bits per heavy atom. The molecule has 5 aromatic rings. The largest absolute Gasteiger partial charge is 0.379 e. The molecule has 12 heteroatoms. The quantitative estimate of drug-likeness (QED) is 0.183. The fourth-order valence-corrected chi connectivity index (χ4v) is 8.41. The number of carbonyl (C=O) groups excluding carboxylic acids is 2. The zero-order chi connectivity index (χ0) is 33.8. The maximum Gasteiger partial charge on any atom is 0.339 e. The lowest BCUT2D eigenvalue weighted by atomic mass is 9.61. The van der Waals surface area contributed by atoms with Crippen molar-refractivity contribution in [3.05, 3.63) is 143 Å². The van der Waals surface area contributed by atoms with E-state index in [0.717, 1.165) is 22.3 Å². The second-order valence-electron chi connectivity index (χ2n) is 11.5. The van der Waals surface area contributed by atoms with Crippen molar-refractivity contribution in [3.63, 3.8) is 0 Å². The lowest BCUT2D eigenvalue weighted by molar-refractivity contribution is -0.115. The minimum Gasteiger partial charge on any atom is -0.379 e. The van der Waals surface area contributed by atoms with Gasteiger partial charge in [0.25, 0.3) is 0 Å². The Morgan fingerprint density at radius 1 is 0.500 bits per heavy atom. The monoisotopic (exact) mass is 680 g/mol. The molecule has 8 rings (SSSR count). The third-order valence-electron chi connectivity index (χ3n) is 8.35. The Bertz CT molecular complexity index is 2130. The zero-order valence-electron chi connectivity index (χ0n) is 25.6. The van der Waals surface area contributed by atoms with Crippen LogP contribution >= 0.6 is 0 Å². The first-order valence-corrected chi connectivity index (χ1v) is 17.7. The summed E-state index contributed by atoms with van der Waals surface area (Å²) < 4.78 is 66.3. The van der Waals surface area contributed by atoms with E-state index in [2.05, 4.69) is 10.6 Å². The van der Waals surface area contributed by atoms with Gasteiger partial charge in [-0.05, 0) is 82.9 Å². The van der Waals surface area contributed by atoms with Crippen LogP contribution in [0.25, 0.3) is 0 Å². The summed E-state index contributed by atoms with van der Waals surface area (Å²) >= 11 is 0. The summed E-state index contributed by atoms with van der Waals surface area (Å²) in [5.41, 5.74) is 5.63. The Labute approximate surface area is 277 Å². The van der Waals surface area contributed by atoms with Gasteiger partial charge in [-0.3, -0.25) is 9.59 Å². The Hall–Kier alpha value is -5.46. The molecule has 2 bridgehead atoms. The highest BCUT2D eigenvalue weighted by molar-refractivity contribution is 7.87. The van der Waals surface area contributed by atoms with Crippen molar-refractivity contribution >= 4 is 43.4 Å². The van der Waals surface area contributed by atoms with E-state index in [0.29, 0.717) is 22.5 Å².